The van der Waals surface area contributed by atoms with E-state index in [1.165, 1.54) is 5.56 Å². The van der Waals surface area contributed by atoms with Gasteiger partial charge in [0, 0.05) is 38.1 Å². The van der Waals surface area contributed by atoms with Crippen molar-refractivity contribution in [1.29, 1.82) is 0 Å². The zero-order valence-electron chi connectivity index (χ0n) is 13.1. The normalized spacial score (nSPS) is 10.9. The average Bonchev–Trinajstić information content (AvgIpc) is 2.48. The molecule has 1 N–H and O–H groups in total. The molecule has 2 rings (SSSR count). The predicted octanol–water partition coefficient (Wildman–Crippen LogP) is 2.86. The van der Waals surface area contributed by atoms with Gasteiger partial charge in [0.25, 0.3) is 0 Å². The second kappa shape index (κ2) is 7.74. The summed E-state index contributed by atoms with van der Waals surface area (Å²) >= 11 is 0. The van der Waals surface area contributed by atoms with Crippen molar-refractivity contribution in [2.45, 2.75) is 26.9 Å². The minimum atomic E-state index is 0.655. The van der Waals surface area contributed by atoms with Crippen LogP contribution in [0, 0.1) is 5.92 Å². The van der Waals surface area contributed by atoms with E-state index in [1.807, 2.05) is 37.6 Å². The fourth-order valence-electron chi connectivity index (χ4n) is 2.07. The standard InChI is InChI=1S/C17H24N4/c1-14(2)9-18-10-16-11-19-17(20-12-16)21(3)13-15-7-5-4-6-8-15/h4-8,11-12,14,18H,9-10,13H2,1-3H3. The van der Waals surface area contributed by atoms with E-state index in [4.69, 9.17) is 0 Å². The van der Waals surface area contributed by atoms with Crippen LogP contribution in [0.15, 0.2) is 42.7 Å². The van der Waals surface area contributed by atoms with Crippen LogP contribution in [0.5, 0.6) is 0 Å². The molecule has 0 amide bonds. The van der Waals surface area contributed by atoms with E-state index in [9.17, 15) is 0 Å². The lowest BCUT2D eigenvalue weighted by Gasteiger charge is -2.17. The van der Waals surface area contributed by atoms with Crippen molar-refractivity contribution in [3.8, 4) is 0 Å². The maximum absolute atomic E-state index is 4.45. The Morgan fingerprint density at radius 2 is 1.71 bits per heavy atom. The Hall–Kier alpha value is -1.94. The number of rotatable bonds is 7. The zero-order chi connectivity index (χ0) is 15.1. The summed E-state index contributed by atoms with van der Waals surface area (Å²) in [6.45, 7) is 7.04. The minimum Gasteiger partial charge on any atom is -0.340 e. The van der Waals surface area contributed by atoms with Gasteiger partial charge in [-0.3, -0.25) is 0 Å². The summed E-state index contributed by atoms with van der Waals surface area (Å²) in [6, 6.07) is 10.3. The first-order valence-electron chi connectivity index (χ1n) is 7.42. The highest BCUT2D eigenvalue weighted by Crippen LogP contribution is 2.10. The molecule has 1 aromatic heterocycles. The van der Waals surface area contributed by atoms with Crippen molar-refractivity contribution < 1.29 is 0 Å². The van der Waals surface area contributed by atoms with Gasteiger partial charge in [0.2, 0.25) is 5.95 Å². The minimum absolute atomic E-state index is 0.655. The van der Waals surface area contributed by atoms with E-state index in [-0.39, 0.29) is 0 Å². The van der Waals surface area contributed by atoms with E-state index in [2.05, 4.69) is 46.2 Å². The monoisotopic (exact) mass is 284 g/mol. The predicted molar refractivity (Wildman–Crippen MR) is 87.1 cm³/mol. The largest absolute Gasteiger partial charge is 0.340 e. The van der Waals surface area contributed by atoms with Crippen molar-refractivity contribution in [3.05, 3.63) is 53.9 Å². The molecule has 4 heteroatoms. The Morgan fingerprint density at radius 3 is 2.33 bits per heavy atom. The quantitative estimate of drug-likeness (QED) is 0.849. The molecule has 0 aliphatic rings. The van der Waals surface area contributed by atoms with Crippen LogP contribution in [0.3, 0.4) is 0 Å². The molecule has 1 heterocycles. The molecular weight excluding hydrogens is 260 g/mol. The van der Waals surface area contributed by atoms with Gasteiger partial charge in [-0.05, 0) is 18.0 Å². The van der Waals surface area contributed by atoms with E-state index < -0.39 is 0 Å². The molecule has 0 unspecified atom stereocenters. The van der Waals surface area contributed by atoms with E-state index >= 15 is 0 Å². The molecule has 1 aromatic carbocycles. The number of hydrogen-bond acceptors (Lipinski definition) is 4. The summed E-state index contributed by atoms with van der Waals surface area (Å²) in [5, 5.41) is 3.40. The van der Waals surface area contributed by atoms with Gasteiger partial charge in [-0.15, -0.1) is 0 Å². The lowest BCUT2D eigenvalue weighted by molar-refractivity contribution is 0.551. The van der Waals surface area contributed by atoms with Gasteiger partial charge in [-0.2, -0.15) is 0 Å². The van der Waals surface area contributed by atoms with Gasteiger partial charge < -0.3 is 10.2 Å². The first kappa shape index (κ1) is 15.4. The van der Waals surface area contributed by atoms with Gasteiger partial charge >= 0.3 is 0 Å². The van der Waals surface area contributed by atoms with Gasteiger partial charge in [0.1, 0.15) is 0 Å². The molecule has 0 saturated heterocycles. The summed E-state index contributed by atoms with van der Waals surface area (Å²) in [6.07, 6.45) is 3.80. The zero-order valence-corrected chi connectivity index (χ0v) is 13.1. The van der Waals surface area contributed by atoms with Crippen molar-refractivity contribution in [1.82, 2.24) is 15.3 Å². The third-order valence-electron chi connectivity index (χ3n) is 3.18. The van der Waals surface area contributed by atoms with Crippen LogP contribution in [0.4, 0.5) is 5.95 Å². The fourth-order valence-corrected chi connectivity index (χ4v) is 2.07. The number of benzene rings is 1. The summed E-state index contributed by atoms with van der Waals surface area (Å²) in [5.41, 5.74) is 2.37. The Labute approximate surface area is 127 Å². The summed E-state index contributed by atoms with van der Waals surface area (Å²) < 4.78 is 0. The third-order valence-corrected chi connectivity index (χ3v) is 3.18. The maximum Gasteiger partial charge on any atom is 0.225 e. The highest BCUT2D eigenvalue weighted by molar-refractivity contribution is 5.31. The highest BCUT2D eigenvalue weighted by Gasteiger charge is 2.05. The Bertz CT molecular complexity index is 522. The number of hydrogen-bond donors (Lipinski definition) is 1. The molecule has 0 spiro atoms. The number of nitrogens with one attached hydrogen (secondary N) is 1. The van der Waals surface area contributed by atoms with Crippen molar-refractivity contribution in [2.75, 3.05) is 18.5 Å². The van der Waals surface area contributed by atoms with Gasteiger partial charge in [0.15, 0.2) is 0 Å². The first-order chi connectivity index (χ1) is 10.1. The highest BCUT2D eigenvalue weighted by atomic mass is 15.2. The molecule has 0 bridgehead atoms. The lowest BCUT2D eigenvalue weighted by Crippen LogP contribution is -2.21. The van der Waals surface area contributed by atoms with Crippen LogP contribution in [0.1, 0.15) is 25.0 Å². The fraction of sp³-hybridized carbons (Fsp3) is 0.412. The summed E-state index contributed by atoms with van der Waals surface area (Å²) in [5.74, 6) is 1.41. The second-order valence-electron chi connectivity index (χ2n) is 5.76. The molecule has 0 fully saturated rings. The molecule has 112 valence electrons. The topological polar surface area (TPSA) is 41.1 Å². The van der Waals surface area contributed by atoms with Gasteiger partial charge in [0.05, 0.1) is 0 Å². The molecule has 0 atom stereocenters. The van der Waals surface area contributed by atoms with E-state index in [0.29, 0.717) is 5.92 Å². The molecule has 4 nitrogen and oxygen atoms in total. The Balaban J connectivity index is 1.89. The van der Waals surface area contributed by atoms with E-state index in [1.54, 1.807) is 0 Å². The summed E-state index contributed by atoms with van der Waals surface area (Å²) in [7, 11) is 2.01. The van der Waals surface area contributed by atoms with Crippen LogP contribution in [0.2, 0.25) is 0 Å². The Kier molecular flexibility index (Phi) is 5.69. The SMILES string of the molecule is CC(C)CNCc1cnc(N(C)Cc2ccccc2)nc1. The average molecular weight is 284 g/mol. The smallest absolute Gasteiger partial charge is 0.225 e. The van der Waals surface area contributed by atoms with Crippen LogP contribution in [-0.2, 0) is 13.1 Å². The molecule has 21 heavy (non-hydrogen) atoms. The molecular formula is C17H24N4. The molecule has 0 saturated carbocycles. The molecule has 0 radical (unpaired) electrons. The van der Waals surface area contributed by atoms with Crippen LogP contribution in [0.25, 0.3) is 0 Å². The van der Waals surface area contributed by atoms with Crippen molar-refractivity contribution in [3.63, 3.8) is 0 Å². The second-order valence-corrected chi connectivity index (χ2v) is 5.76. The maximum atomic E-state index is 4.45. The first-order valence-corrected chi connectivity index (χ1v) is 7.42. The molecule has 0 aliphatic heterocycles. The lowest BCUT2D eigenvalue weighted by atomic mass is 10.2. The number of nitrogens with zero attached hydrogens (tertiary/aromatic N) is 3. The van der Waals surface area contributed by atoms with Crippen LogP contribution in [-0.4, -0.2) is 23.6 Å². The Morgan fingerprint density at radius 1 is 1.05 bits per heavy atom. The van der Waals surface area contributed by atoms with Crippen molar-refractivity contribution in [2.24, 2.45) is 5.92 Å². The molecule has 0 aliphatic carbocycles. The summed E-state index contributed by atoms with van der Waals surface area (Å²) in [4.78, 5) is 11.0. The van der Waals surface area contributed by atoms with Crippen LogP contribution < -0.4 is 10.2 Å². The molecule has 2 aromatic rings. The number of aromatic nitrogens is 2. The third kappa shape index (κ3) is 5.16. The van der Waals surface area contributed by atoms with Gasteiger partial charge in [-0.25, -0.2) is 9.97 Å². The van der Waals surface area contributed by atoms with E-state index in [0.717, 1.165) is 31.1 Å². The van der Waals surface area contributed by atoms with Crippen LogP contribution >= 0.6 is 0 Å². The van der Waals surface area contributed by atoms with Gasteiger partial charge in [-0.1, -0.05) is 44.2 Å². The number of anilines is 1. The van der Waals surface area contributed by atoms with Crippen molar-refractivity contribution >= 4 is 5.95 Å².